The summed E-state index contributed by atoms with van der Waals surface area (Å²) in [5.41, 5.74) is 2.37. The van der Waals surface area contributed by atoms with Gasteiger partial charge >= 0.3 is 12.0 Å². The van der Waals surface area contributed by atoms with Crippen molar-refractivity contribution in [2.45, 2.75) is 39.8 Å². The van der Waals surface area contributed by atoms with E-state index < -0.39 is 12.0 Å². The zero-order valence-corrected chi connectivity index (χ0v) is 18.9. The Balaban J connectivity index is 1.82. The van der Waals surface area contributed by atoms with Crippen molar-refractivity contribution in [2.75, 3.05) is 13.7 Å². The van der Waals surface area contributed by atoms with E-state index in [1.54, 1.807) is 26.2 Å². The molecule has 7 nitrogen and oxygen atoms in total. The molecule has 0 fully saturated rings. The van der Waals surface area contributed by atoms with Gasteiger partial charge in [0.2, 0.25) is 0 Å². The second-order valence-corrected chi connectivity index (χ2v) is 8.07. The molecule has 170 valence electrons. The third-order valence-corrected chi connectivity index (χ3v) is 5.18. The van der Waals surface area contributed by atoms with Crippen molar-refractivity contribution < 1.29 is 23.8 Å². The van der Waals surface area contributed by atoms with Crippen LogP contribution in [-0.4, -0.2) is 25.7 Å². The summed E-state index contributed by atoms with van der Waals surface area (Å²) in [5, 5.41) is 5.48. The smallest absolute Gasteiger partial charge is 0.338 e. The fraction of sp³-hybridized carbons (Fsp3) is 0.360. The number of esters is 1. The zero-order valence-electron chi connectivity index (χ0n) is 18.9. The molecule has 1 atom stereocenters. The van der Waals surface area contributed by atoms with Gasteiger partial charge in [-0.05, 0) is 42.5 Å². The molecule has 0 saturated carbocycles. The number of amides is 2. The number of nitrogens with one attached hydrogen (secondary N) is 2. The highest BCUT2D eigenvalue weighted by molar-refractivity contribution is 5.95. The van der Waals surface area contributed by atoms with Crippen LogP contribution in [-0.2, 0) is 16.1 Å². The molecular formula is C25H30N2O5. The van der Waals surface area contributed by atoms with Crippen LogP contribution in [0.2, 0.25) is 0 Å². The summed E-state index contributed by atoms with van der Waals surface area (Å²) < 4.78 is 16.9. The molecular weight excluding hydrogens is 408 g/mol. The third kappa shape index (κ3) is 5.81. The molecule has 3 rings (SSSR count). The molecule has 2 aromatic rings. The predicted octanol–water partition coefficient (Wildman–Crippen LogP) is 4.49. The van der Waals surface area contributed by atoms with Gasteiger partial charge in [-0.25, -0.2) is 9.59 Å². The highest BCUT2D eigenvalue weighted by Crippen LogP contribution is 2.34. The zero-order chi connectivity index (χ0) is 23.1. The minimum Gasteiger partial charge on any atom is -0.493 e. The van der Waals surface area contributed by atoms with Crippen LogP contribution in [0.5, 0.6) is 11.5 Å². The summed E-state index contributed by atoms with van der Waals surface area (Å²) in [7, 11) is 1.56. The van der Waals surface area contributed by atoms with Crippen molar-refractivity contribution in [3.05, 3.63) is 70.9 Å². The Labute approximate surface area is 188 Å². The Kier molecular flexibility index (Phi) is 7.76. The third-order valence-electron chi connectivity index (χ3n) is 5.18. The van der Waals surface area contributed by atoms with Gasteiger partial charge in [-0.1, -0.05) is 50.2 Å². The molecule has 0 spiro atoms. The maximum absolute atomic E-state index is 13.0. The van der Waals surface area contributed by atoms with E-state index in [2.05, 4.69) is 24.5 Å². The average Bonchev–Trinajstić information content (AvgIpc) is 2.77. The van der Waals surface area contributed by atoms with E-state index in [1.807, 2.05) is 36.4 Å². The number of hydrogen-bond acceptors (Lipinski definition) is 5. The SMILES string of the molecule is COc1cc(C2NC(=O)NC(C)=C2C(=O)OCc2ccccc2)ccc1OCCC(C)C. The predicted molar refractivity (Wildman–Crippen MR) is 121 cm³/mol. The van der Waals surface area contributed by atoms with Crippen LogP contribution in [0.1, 0.15) is 44.4 Å². The average molecular weight is 439 g/mol. The Morgan fingerprint density at radius 1 is 1.09 bits per heavy atom. The summed E-state index contributed by atoms with van der Waals surface area (Å²) in [5.74, 6) is 1.18. The highest BCUT2D eigenvalue weighted by atomic mass is 16.5. The largest absolute Gasteiger partial charge is 0.493 e. The summed E-state index contributed by atoms with van der Waals surface area (Å²) in [6, 6.07) is 13.8. The van der Waals surface area contributed by atoms with E-state index in [0.717, 1.165) is 12.0 Å². The molecule has 0 aromatic heterocycles. The van der Waals surface area contributed by atoms with Crippen LogP contribution < -0.4 is 20.1 Å². The van der Waals surface area contributed by atoms with E-state index in [1.165, 1.54) is 0 Å². The van der Waals surface area contributed by atoms with Crippen molar-refractivity contribution in [1.82, 2.24) is 10.6 Å². The fourth-order valence-corrected chi connectivity index (χ4v) is 3.40. The fourth-order valence-electron chi connectivity index (χ4n) is 3.40. The number of carbonyl (C=O) groups is 2. The van der Waals surface area contributed by atoms with Gasteiger partial charge in [0.05, 0.1) is 25.3 Å². The Morgan fingerprint density at radius 2 is 1.84 bits per heavy atom. The van der Waals surface area contributed by atoms with Gasteiger partial charge in [-0.15, -0.1) is 0 Å². The highest BCUT2D eigenvalue weighted by Gasteiger charge is 2.32. The van der Waals surface area contributed by atoms with E-state index >= 15 is 0 Å². The number of hydrogen-bond donors (Lipinski definition) is 2. The van der Waals surface area contributed by atoms with Crippen LogP contribution >= 0.6 is 0 Å². The standard InChI is InChI=1S/C25H30N2O5/c1-16(2)12-13-31-20-11-10-19(14-21(20)30-4)23-22(17(3)26-25(29)27-23)24(28)32-15-18-8-6-5-7-9-18/h5-11,14,16,23H,12-13,15H2,1-4H3,(H2,26,27,29). The van der Waals surface area contributed by atoms with Crippen molar-refractivity contribution in [3.8, 4) is 11.5 Å². The monoisotopic (exact) mass is 438 g/mol. The van der Waals surface area contributed by atoms with Crippen LogP contribution in [0.25, 0.3) is 0 Å². The number of urea groups is 1. The molecule has 0 aliphatic carbocycles. The summed E-state index contributed by atoms with van der Waals surface area (Å²) >= 11 is 0. The van der Waals surface area contributed by atoms with Gasteiger partial charge in [0, 0.05) is 5.70 Å². The molecule has 7 heteroatoms. The molecule has 2 amide bonds. The van der Waals surface area contributed by atoms with E-state index in [0.29, 0.717) is 40.9 Å². The van der Waals surface area contributed by atoms with Crippen LogP contribution in [0.15, 0.2) is 59.8 Å². The number of rotatable bonds is 9. The van der Waals surface area contributed by atoms with Gasteiger partial charge in [0.15, 0.2) is 11.5 Å². The van der Waals surface area contributed by atoms with Crippen molar-refractivity contribution in [2.24, 2.45) is 5.92 Å². The lowest BCUT2D eigenvalue weighted by Gasteiger charge is -2.28. The summed E-state index contributed by atoms with van der Waals surface area (Å²) in [4.78, 5) is 25.1. The lowest BCUT2D eigenvalue weighted by molar-refractivity contribution is -0.140. The van der Waals surface area contributed by atoms with Gasteiger partial charge in [-0.3, -0.25) is 0 Å². The van der Waals surface area contributed by atoms with E-state index in [-0.39, 0.29) is 12.6 Å². The maximum atomic E-state index is 13.0. The Morgan fingerprint density at radius 3 is 2.53 bits per heavy atom. The molecule has 1 heterocycles. The minimum atomic E-state index is -0.675. The van der Waals surface area contributed by atoms with Crippen molar-refractivity contribution >= 4 is 12.0 Å². The number of ether oxygens (including phenoxy) is 3. The first-order chi connectivity index (χ1) is 15.4. The van der Waals surface area contributed by atoms with Crippen molar-refractivity contribution in [3.63, 3.8) is 0 Å². The first kappa shape index (κ1) is 23.2. The van der Waals surface area contributed by atoms with Gasteiger partial charge in [0.25, 0.3) is 0 Å². The van der Waals surface area contributed by atoms with Gasteiger partial charge in [0.1, 0.15) is 6.61 Å². The van der Waals surface area contributed by atoms with Crippen LogP contribution in [0.4, 0.5) is 4.79 Å². The second-order valence-electron chi connectivity index (χ2n) is 8.07. The maximum Gasteiger partial charge on any atom is 0.338 e. The number of methoxy groups -OCH3 is 1. The number of allylic oxidation sites excluding steroid dienone is 1. The Hall–Kier alpha value is -3.48. The number of carbonyl (C=O) groups excluding carboxylic acids is 2. The molecule has 1 aliphatic rings. The first-order valence-corrected chi connectivity index (χ1v) is 10.7. The van der Waals surface area contributed by atoms with Crippen molar-refractivity contribution in [1.29, 1.82) is 0 Å². The topological polar surface area (TPSA) is 85.9 Å². The lowest BCUT2D eigenvalue weighted by Crippen LogP contribution is -2.45. The molecule has 32 heavy (non-hydrogen) atoms. The lowest BCUT2D eigenvalue weighted by atomic mass is 9.95. The summed E-state index contributed by atoms with van der Waals surface area (Å²) in [6.45, 7) is 6.68. The minimum absolute atomic E-state index is 0.142. The van der Waals surface area contributed by atoms with Crippen LogP contribution in [0.3, 0.4) is 0 Å². The summed E-state index contributed by atoms with van der Waals surface area (Å²) in [6.07, 6.45) is 0.925. The normalized spacial score (nSPS) is 15.8. The van der Waals surface area contributed by atoms with E-state index in [9.17, 15) is 9.59 Å². The van der Waals surface area contributed by atoms with E-state index in [4.69, 9.17) is 14.2 Å². The second kappa shape index (κ2) is 10.7. The van der Waals surface area contributed by atoms with Gasteiger partial charge < -0.3 is 24.8 Å². The molecule has 1 unspecified atom stereocenters. The molecule has 1 aliphatic heterocycles. The molecule has 2 aromatic carbocycles. The molecule has 0 bridgehead atoms. The van der Waals surface area contributed by atoms with Crippen LogP contribution in [0, 0.1) is 5.92 Å². The number of benzene rings is 2. The molecule has 0 radical (unpaired) electrons. The van der Waals surface area contributed by atoms with Gasteiger partial charge in [-0.2, -0.15) is 0 Å². The quantitative estimate of drug-likeness (QED) is 0.564. The molecule has 0 saturated heterocycles. The first-order valence-electron chi connectivity index (χ1n) is 10.7. The Bertz CT molecular complexity index is 985. The molecule has 2 N–H and O–H groups in total.